The Kier molecular flexibility index (Phi) is 5.99. The third kappa shape index (κ3) is 4.92. The number of nitrogens with zero attached hydrogens (tertiary/aromatic N) is 2. The predicted octanol–water partition coefficient (Wildman–Crippen LogP) is 6.97. The van der Waals surface area contributed by atoms with Gasteiger partial charge in [-0.2, -0.15) is 0 Å². The van der Waals surface area contributed by atoms with Gasteiger partial charge in [0.15, 0.2) is 0 Å². The molecular weight excluding hydrogens is 382 g/mol. The Bertz CT molecular complexity index is 1220. The molecule has 156 valence electrons. The molecule has 0 aliphatic rings. The molecule has 4 rings (SSSR count). The van der Waals surface area contributed by atoms with E-state index in [1.54, 1.807) is 6.20 Å². The summed E-state index contributed by atoms with van der Waals surface area (Å²) in [6, 6.07) is 19.5. The smallest absolute Gasteiger partial charge is 0.299 e. The lowest BCUT2D eigenvalue weighted by Gasteiger charge is -2.12. The van der Waals surface area contributed by atoms with Gasteiger partial charge in [-0.1, -0.05) is 67.6 Å². The zero-order chi connectivity index (χ0) is 21.8. The van der Waals surface area contributed by atoms with Crippen LogP contribution in [0, 0.1) is 6.92 Å². The van der Waals surface area contributed by atoms with Crippen LogP contribution in [0.5, 0.6) is 0 Å². The minimum Gasteiger partial charge on any atom is -0.428 e. The van der Waals surface area contributed by atoms with Gasteiger partial charge in [-0.15, -0.1) is 0 Å². The van der Waals surface area contributed by atoms with Gasteiger partial charge in [0.1, 0.15) is 5.76 Å². The summed E-state index contributed by atoms with van der Waals surface area (Å²) in [6.45, 7) is 10.3. The van der Waals surface area contributed by atoms with Crippen LogP contribution in [0.25, 0.3) is 16.7 Å². The highest BCUT2D eigenvalue weighted by atomic mass is 16.4. The number of benzene rings is 2. The first-order valence-electron chi connectivity index (χ1n) is 10.5. The van der Waals surface area contributed by atoms with E-state index in [-0.39, 0.29) is 0 Å². The molecule has 0 atom stereocenters. The topological polar surface area (TPSA) is 51.0 Å². The molecule has 0 bridgehead atoms. The van der Waals surface area contributed by atoms with Gasteiger partial charge in [0.05, 0.1) is 17.6 Å². The molecule has 0 unspecified atom stereocenters. The molecule has 0 saturated heterocycles. The van der Waals surface area contributed by atoms with E-state index in [2.05, 4.69) is 90.3 Å². The first-order chi connectivity index (χ1) is 15.0. The number of rotatable bonds is 7. The standard InChI is InChI=1S/C27H27N3O/c1-5-20-9-7-11-22(13-20)23-15-25(26(18(2)3)28-16-23)30-27-29-17-24(31-27)14-21-10-6-8-19(4)12-21/h6-13,15-17H,2,5,14H2,1,3-4H3,(H,29,30). The van der Waals surface area contributed by atoms with E-state index in [4.69, 9.17) is 4.42 Å². The second-order valence-electron chi connectivity index (χ2n) is 7.88. The number of pyridine rings is 1. The summed E-state index contributed by atoms with van der Waals surface area (Å²) >= 11 is 0. The quantitative estimate of drug-likeness (QED) is 0.358. The van der Waals surface area contributed by atoms with Crippen LogP contribution in [0.4, 0.5) is 11.7 Å². The molecule has 0 amide bonds. The molecule has 4 nitrogen and oxygen atoms in total. The third-order valence-corrected chi connectivity index (χ3v) is 5.22. The highest BCUT2D eigenvalue weighted by Gasteiger charge is 2.12. The SMILES string of the molecule is C=C(C)c1ncc(-c2cccc(CC)c2)cc1Nc1ncc(Cc2cccc(C)c2)o1. The first-order valence-corrected chi connectivity index (χ1v) is 10.5. The van der Waals surface area contributed by atoms with E-state index >= 15 is 0 Å². The highest BCUT2D eigenvalue weighted by Crippen LogP contribution is 2.30. The Morgan fingerprint density at radius 3 is 2.55 bits per heavy atom. The van der Waals surface area contributed by atoms with Crippen molar-refractivity contribution in [2.45, 2.75) is 33.6 Å². The van der Waals surface area contributed by atoms with Crippen molar-refractivity contribution in [3.05, 3.63) is 102 Å². The van der Waals surface area contributed by atoms with E-state index in [1.165, 1.54) is 16.7 Å². The zero-order valence-corrected chi connectivity index (χ0v) is 18.3. The summed E-state index contributed by atoms with van der Waals surface area (Å²) < 4.78 is 5.97. The van der Waals surface area contributed by atoms with Crippen molar-refractivity contribution in [3.8, 4) is 11.1 Å². The molecule has 0 spiro atoms. The molecule has 4 heteroatoms. The average Bonchev–Trinajstić information content (AvgIpc) is 3.20. The molecule has 0 fully saturated rings. The monoisotopic (exact) mass is 409 g/mol. The number of anilines is 2. The van der Waals surface area contributed by atoms with Gasteiger partial charge in [0.25, 0.3) is 6.01 Å². The lowest BCUT2D eigenvalue weighted by molar-refractivity contribution is 0.532. The fraction of sp³-hybridized carbons (Fsp3) is 0.185. The van der Waals surface area contributed by atoms with Gasteiger partial charge in [0.2, 0.25) is 0 Å². The Balaban J connectivity index is 1.61. The summed E-state index contributed by atoms with van der Waals surface area (Å²) in [5, 5.41) is 3.31. The van der Waals surface area contributed by atoms with Crippen LogP contribution >= 0.6 is 0 Å². The van der Waals surface area contributed by atoms with Crippen molar-refractivity contribution in [1.29, 1.82) is 0 Å². The molecule has 0 radical (unpaired) electrons. The van der Waals surface area contributed by atoms with Crippen LogP contribution in [-0.4, -0.2) is 9.97 Å². The maximum Gasteiger partial charge on any atom is 0.299 e. The lowest BCUT2D eigenvalue weighted by Crippen LogP contribution is -1.98. The van der Waals surface area contributed by atoms with Crippen molar-refractivity contribution in [2.24, 2.45) is 0 Å². The zero-order valence-electron chi connectivity index (χ0n) is 18.3. The van der Waals surface area contributed by atoms with E-state index < -0.39 is 0 Å². The van der Waals surface area contributed by atoms with E-state index in [9.17, 15) is 0 Å². The molecule has 2 aromatic carbocycles. The first kappa shape index (κ1) is 20.6. The number of oxazole rings is 1. The van der Waals surface area contributed by atoms with Gasteiger partial charge in [-0.05, 0) is 48.6 Å². The summed E-state index contributed by atoms with van der Waals surface area (Å²) in [6.07, 6.45) is 5.36. The van der Waals surface area contributed by atoms with Gasteiger partial charge >= 0.3 is 0 Å². The van der Waals surface area contributed by atoms with E-state index in [0.717, 1.165) is 40.3 Å². The summed E-state index contributed by atoms with van der Waals surface area (Å²) in [4.78, 5) is 9.08. The number of hydrogen-bond donors (Lipinski definition) is 1. The van der Waals surface area contributed by atoms with Crippen molar-refractivity contribution in [2.75, 3.05) is 5.32 Å². The summed E-state index contributed by atoms with van der Waals surface area (Å²) in [5.41, 5.74) is 8.41. The van der Waals surface area contributed by atoms with Crippen molar-refractivity contribution < 1.29 is 4.42 Å². The Labute approximate surface area is 183 Å². The molecule has 2 heterocycles. The van der Waals surface area contributed by atoms with Crippen LogP contribution in [0.3, 0.4) is 0 Å². The van der Waals surface area contributed by atoms with Gasteiger partial charge in [-0.3, -0.25) is 4.98 Å². The lowest BCUT2D eigenvalue weighted by atomic mass is 10.0. The Morgan fingerprint density at radius 2 is 1.77 bits per heavy atom. The van der Waals surface area contributed by atoms with Crippen molar-refractivity contribution in [1.82, 2.24) is 9.97 Å². The summed E-state index contributed by atoms with van der Waals surface area (Å²) in [5.74, 6) is 0.810. The second kappa shape index (κ2) is 9.00. The number of allylic oxidation sites excluding steroid dienone is 1. The second-order valence-corrected chi connectivity index (χ2v) is 7.88. The molecule has 0 aliphatic carbocycles. The minimum absolute atomic E-state index is 0.450. The average molecular weight is 410 g/mol. The molecule has 31 heavy (non-hydrogen) atoms. The fourth-order valence-corrected chi connectivity index (χ4v) is 3.61. The predicted molar refractivity (Wildman–Crippen MR) is 128 cm³/mol. The van der Waals surface area contributed by atoms with Gasteiger partial charge in [0, 0.05) is 18.2 Å². The van der Waals surface area contributed by atoms with E-state index in [1.807, 2.05) is 13.1 Å². The molecule has 1 N–H and O–H groups in total. The number of aromatic nitrogens is 2. The largest absolute Gasteiger partial charge is 0.428 e. The molecule has 0 aliphatic heterocycles. The van der Waals surface area contributed by atoms with Crippen molar-refractivity contribution in [3.63, 3.8) is 0 Å². The van der Waals surface area contributed by atoms with Crippen LogP contribution in [0.15, 0.2) is 78.0 Å². The highest BCUT2D eigenvalue weighted by molar-refractivity contribution is 5.78. The third-order valence-electron chi connectivity index (χ3n) is 5.22. The van der Waals surface area contributed by atoms with Crippen molar-refractivity contribution >= 4 is 17.3 Å². The van der Waals surface area contributed by atoms with Crippen LogP contribution in [0.1, 0.15) is 42.0 Å². The number of hydrogen-bond acceptors (Lipinski definition) is 4. The normalized spacial score (nSPS) is 10.8. The maximum atomic E-state index is 5.97. The van der Waals surface area contributed by atoms with Gasteiger partial charge < -0.3 is 9.73 Å². The van der Waals surface area contributed by atoms with Crippen LogP contribution in [-0.2, 0) is 12.8 Å². The maximum absolute atomic E-state index is 5.97. The molecular formula is C27H27N3O. The molecule has 4 aromatic rings. The summed E-state index contributed by atoms with van der Waals surface area (Å²) in [7, 11) is 0. The Morgan fingerprint density at radius 1 is 0.968 bits per heavy atom. The van der Waals surface area contributed by atoms with Crippen LogP contribution in [0.2, 0.25) is 0 Å². The fourth-order valence-electron chi connectivity index (χ4n) is 3.61. The number of nitrogens with one attached hydrogen (secondary N) is 1. The number of aryl methyl sites for hydroxylation is 2. The van der Waals surface area contributed by atoms with E-state index in [0.29, 0.717) is 12.4 Å². The minimum atomic E-state index is 0.450. The molecule has 2 aromatic heterocycles. The molecule has 0 saturated carbocycles. The Hall–Kier alpha value is -3.66. The van der Waals surface area contributed by atoms with Crippen LogP contribution < -0.4 is 5.32 Å². The van der Waals surface area contributed by atoms with Gasteiger partial charge in [-0.25, -0.2) is 4.98 Å².